The highest BCUT2D eigenvalue weighted by molar-refractivity contribution is 5.88. The first-order chi connectivity index (χ1) is 9.79. The number of rotatable bonds is 7. The fraction of sp³-hybridized carbons (Fsp3) is 0.800. The molecule has 6 heteroatoms. The van der Waals surface area contributed by atoms with Crippen molar-refractivity contribution in [3.63, 3.8) is 0 Å². The van der Waals surface area contributed by atoms with Crippen LogP contribution in [0.5, 0.6) is 0 Å². The Morgan fingerprint density at radius 2 is 1.81 bits per heavy atom. The second kappa shape index (κ2) is 8.00. The highest BCUT2D eigenvalue weighted by atomic mass is 16.2. The Bertz CT molecular complexity index is 396. The quantitative estimate of drug-likeness (QED) is 0.641. The average molecular weight is 297 g/mol. The molecule has 0 aromatic rings. The lowest BCUT2D eigenvalue weighted by atomic mass is 9.79. The third kappa shape index (κ3) is 6.14. The summed E-state index contributed by atoms with van der Waals surface area (Å²) in [4.78, 5) is 34.1. The number of nitrogens with two attached hydrogens (primary N) is 2. The third-order valence-corrected chi connectivity index (χ3v) is 4.30. The molecule has 0 bridgehead atoms. The van der Waals surface area contributed by atoms with Gasteiger partial charge in [-0.2, -0.15) is 0 Å². The summed E-state index contributed by atoms with van der Waals surface area (Å²) in [5, 5.41) is 2.96. The second-order valence-corrected chi connectivity index (χ2v) is 6.41. The van der Waals surface area contributed by atoms with E-state index in [2.05, 4.69) is 19.2 Å². The van der Waals surface area contributed by atoms with Gasteiger partial charge in [0.05, 0.1) is 5.92 Å². The molecule has 1 fully saturated rings. The van der Waals surface area contributed by atoms with Gasteiger partial charge in [-0.3, -0.25) is 14.4 Å². The minimum atomic E-state index is -0.813. The lowest BCUT2D eigenvalue weighted by Crippen LogP contribution is -2.41. The molecule has 0 spiro atoms. The lowest BCUT2D eigenvalue weighted by Gasteiger charge is -2.32. The molecular weight excluding hydrogens is 270 g/mol. The van der Waals surface area contributed by atoms with Crippen molar-refractivity contribution in [3.8, 4) is 0 Å². The van der Waals surface area contributed by atoms with Crippen molar-refractivity contribution in [1.29, 1.82) is 0 Å². The third-order valence-electron chi connectivity index (χ3n) is 4.30. The molecule has 1 aliphatic carbocycles. The summed E-state index contributed by atoms with van der Waals surface area (Å²) in [5.74, 6) is -1.09. The maximum atomic E-state index is 12.0. The van der Waals surface area contributed by atoms with Crippen molar-refractivity contribution in [2.75, 3.05) is 0 Å². The van der Waals surface area contributed by atoms with Crippen molar-refractivity contribution in [2.45, 2.75) is 58.4 Å². The topological polar surface area (TPSA) is 115 Å². The molecule has 3 unspecified atom stereocenters. The van der Waals surface area contributed by atoms with E-state index in [1.165, 1.54) is 6.42 Å². The Hall–Kier alpha value is -1.59. The predicted molar refractivity (Wildman–Crippen MR) is 79.8 cm³/mol. The highest BCUT2D eigenvalue weighted by Gasteiger charge is 2.27. The van der Waals surface area contributed by atoms with Crippen molar-refractivity contribution < 1.29 is 14.4 Å². The van der Waals surface area contributed by atoms with Gasteiger partial charge < -0.3 is 16.8 Å². The molecule has 21 heavy (non-hydrogen) atoms. The van der Waals surface area contributed by atoms with Crippen LogP contribution in [0.15, 0.2) is 0 Å². The van der Waals surface area contributed by atoms with Crippen LogP contribution in [0.3, 0.4) is 0 Å². The molecule has 0 heterocycles. The molecule has 3 atom stereocenters. The Labute approximate surface area is 126 Å². The fourth-order valence-electron chi connectivity index (χ4n) is 2.99. The molecule has 120 valence electrons. The molecule has 3 amide bonds. The van der Waals surface area contributed by atoms with Gasteiger partial charge in [-0.1, -0.05) is 26.7 Å². The van der Waals surface area contributed by atoms with Crippen molar-refractivity contribution in [1.82, 2.24) is 5.32 Å². The van der Waals surface area contributed by atoms with Crippen molar-refractivity contribution in [3.05, 3.63) is 0 Å². The molecule has 0 radical (unpaired) electrons. The van der Waals surface area contributed by atoms with Gasteiger partial charge in [0.25, 0.3) is 0 Å². The summed E-state index contributed by atoms with van der Waals surface area (Å²) < 4.78 is 0. The highest BCUT2D eigenvalue weighted by Crippen LogP contribution is 2.30. The molecule has 5 N–H and O–H groups in total. The van der Waals surface area contributed by atoms with E-state index in [1.807, 2.05) is 0 Å². The zero-order valence-electron chi connectivity index (χ0n) is 12.9. The summed E-state index contributed by atoms with van der Waals surface area (Å²) in [6.07, 6.45) is 4.00. The van der Waals surface area contributed by atoms with Gasteiger partial charge in [0.1, 0.15) is 0 Å². The van der Waals surface area contributed by atoms with E-state index in [4.69, 9.17) is 11.5 Å². The monoisotopic (exact) mass is 297 g/mol. The minimum Gasteiger partial charge on any atom is -0.370 e. The molecule has 6 nitrogen and oxygen atoms in total. The summed E-state index contributed by atoms with van der Waals surface area (Å²) in [6.45, 7) is 4.40. The summed E-state index contributed by atoms with van der Waals surface area (Å²) in [5.41, 5.74) is 10.3. The first-order valence-corrected chi connectivity index (χ1v) is 7.66. The molecule has 0 aliphatic heterocycles. The van der Waals surface area contributed by atoms with Gasteiger partial charge >= 0.3 is 0 Å². The van der Waals surface area contributed by atoms with Gasteiger partial charge in [-0.15, -0.1) is 0 Å². The summed E-state index contributed by atoms with van der Waals surface area (Å²) in [6, 6.07) is 0.153. The van der Waals surface area contributed by atoms with Gasteiger partial charge in [0.15, 0.2) is 0 Å². The van der Waals surface area contributed by atoms with E-state index in [1.54, 1.807) is 0 Å². The molecule has 0 saturated heterocycles. The number of hydrogen-bond acceptors (Lipinski definition) is 3. The zero-order chi connectivity index (χ0) is 16.0. The van der Waals surface area contributed by atoms with E-state index in [-0.39, 0.29) is 24.8 Å². The van der Waals surface area contributed by atoms with E-state index in [0.717, 1.165) is 19.3 Å². The predicted octanol–water partition coefficient (Wildman–Crippen LogP) is 0.684. The first-order valence-electron chi connectivity index (χ1n) is 7.66. The van der Waals surface area contributed by atoms with Crippen LogP contribution in [0.4, 0.5) is 0 Å². The van der Waals surface area contributed by atoms with Crippen molar-refractivity contribution >= 4 is 17.7 Å². The number of primary amides is 2. The van der Waals surface area contributed by atoms with Crippen LogP contribution >= 0.6 is 0 Å². The molecular formula is C15H27N3O3. The van der Waals surface area contributed by atoms with E-state index in [9.17, 15) is 14.4 Å². The van der Waals surface area contributed by atoms with Gasteiger partial charge in [0, 0.05) is 18.9 Å². The number of carbonyl (C=O) groups excluding carboxylic acids is 3. The molecule has 0 aromatic heterocycles. The van der Waals surface area contributed by atoms with Crippen LogP contribution in [0, 0.1) is 17.8 Å². The Balaban J connectivity index is 2.48. The zero-order valence-corrected chi connectivity index (χ0v) is 12.9. The second-order valence-electron chi connectivity index (χ2n) is 6.41. The van der Waals surface area contributed by atoms with Gasteiger partial charge in [-0.25, -0.2) is 0 Å². The van der Waals surface area contributed by atoms with Crippen LogP contribution < -0.4 is 16.8 Å². The Morgan fingerprint density at radius 1 is 1.14 bits per heavy atom. The number of carbonyl (C=O) groups is 3. The van der Waals surface area contributed by atoms with Crippen LogP contribution in [-0.2, 0) is 14.4 Å². The van der Waals surface area contributed by atoms with E-state index in [0.29, 0.717) is 11.8 Å². The molecule has 1 rings (SSSR count). The fourth-order valence-corrected chi connectivity index (χ4v) is 2.99. The van der Waals surface area contributed by atoms with Crippen molar-refractivity contribution in [2.24, 2.45) is 29.2 Å². The number of hydrogen-bond donors (Lipinski definition) is 3. The molecule has 0 aromatic carbocycles. The summed E-state index contributed by atoms with van der Waals surface area (Å²) >= 11 is 0. The first kappa shape index (κ1) is 17.5. The van der Waals surface area contributed by atoms with E-state index >= 15 is 0 Å². The standard InChI is InChI=1S/C15H27N3O3/c1-9(2)10-4-3-5-12(6-10)18-14(20)8-11(15(17)21)7-13(16)19/h9-12H,3-8H2,1-2H3,(H2,16,19)(H2,17,21)(H,18,20). The molecule has 1 aliphatic rings. The van der Waals surface area contributed by atoms with Gasteiger partial charge in [0.2, 0.25) is 17.7 Å². The number of nitrogens with one attached hydrogen (secondary N) is 1. The summed E-state index contributed by atoms with van der Waals surface area (Å²) in [7, 11) is 0. The van der Waals surface area contributed by atoms with Crippen LogP contribution in [0.25, 0.3) is 0 Å². The van der Waals surface area contributed by atoms with E-state index < -0.39 is 17.7 Å². The number of amides is 3. The maximum Gasteiger partial charge on any atom is 0.221 e. The normalized spacial score (nSPS) is 23.6. The van der Waals surface area contributed by atoms with Crippen LogP contribution in [0.1, 0.15) is 52.4 Å². The minimum absolute atomic E-state index is 0.0683. The van der Waals surface area contributed by atoms with Gasteiger partial charge in [-0.05, 0) is 24.7 Å². The molecule has 1 saturated carbocycles. The largest absolute Gasteiger partial charge is 0.370 e. The maximum absolute atomic E-state index is 12.0. The smallest absolute Gasteiger partial charge is 0.221 e. The SMILES string of the molecule is CC(C)C1CCCC(NC(=O)CC(CC(N)=O)C(N)=O)C1. The van der Waals surface area contributed by atoms with Crippen LogP contribution in [0.2, 0.25) is 0 Å². The average Bonchev–Trinajstić information content (AvgIpc) is 2.37. The Kier molecular flexibility index (Phi) is 6.65. The Morgan fingerprint density at radius 3 is 2.33 bits per heavy atom. The van der Waals surface area contributed by atoms with Crippen LogP contribution in [-0.4, -0.2) is 23.8 Å². The lowest BCUT2D eigenvalue weighted by molar-refractivity contribution is -0.131.